The molecule has 5 heteroatoms. The Bertz CT molecular complexity index is 314. The number of hydrogen-bond acceptors (Lipinski definition) is 2. The van der Waals surface area contributed by atoms with Crippen LogP contribution in [0, 0.1) is 10.1 Å². The Kier molecular flexibility index (Phi) is 2.89. The predicted molar refractivity (Wildman–Crippen MR) is 47.7 cm³/mol. The summed E-state index contributed by atoms with van der Waals surface area (Å²) >= 11 is 11.1. The van der Waals surface area contributed by atoms with Gasteiger partial charge in [-0.3, -0.25) is 10.1 Å². The molecule has 0 heterocycles. The molecule has 0 aliphatic rings. The highest BCUT2D eigenvalue weighted by Crippen LogP contribution is 2.25. The van der Waals surface area contributed by atoms with Crippen LogP contribution in [0.25, 0.3) is 0 Å². The van der Waals surface area contributed by atoms with Gasteiger partial charge in [0.25, 0.3) is 5.69 Å². The minimum Gasteiger partial charge on any atom is -0.258 e. The van der Waals surface area contributed by atoms with Gasteiger partial charge in [-0.15, -0.1) is 11.6 Å². The summed E-state index contributed by atoms with van der Waals surface area (Å²) in [6, 6.07) is 4.42. The van der Waals surface area contributed by atoms with Crippen molar-refractivity contribution in [3.63, 3.8) is 0 Å². The first kappa shape index (κ1) is 9.29. The molecule has 0 fully saturated rings. The average molecular weight is 206 g/mol. The Morgan fingerprint density at radius 2 is 2.17 bits per heavy atom. The first-order valence-corrected chi connectivity index (χ1v) is 4.05. The summed E-state index contributed by atoms with van der Waals surface area (Å²) in [7, 11) is 0. The predicted octanol–water partition coefficient (Wildman–Crippen LogP) is 2.99. The summed E-state index contributed by atoms with van der Waals surface area (Å²) in [6.45, 7) is 0. The molecule has 0 unspecified atom stereocenters. The fraction of sp³-hybridized carbons (Fsp3) is 0.143. The molecule has 0 aromatic heterocycles. The number of nitrogens with zero attached hydrogens (tertiary/aromatic N) is 1. The van der Waals surface area contributed by atoms with Crippen LogP contribution in [0.15, 0.2) is 18.2 Å². The summed E-state index contributed by atoms with van der Waals surface area (Å²) in [5.74, 6) is 0.303. The quantitative estimate of drug-likeness (QED) is 0.424. The molecular formula is C7H5Cl2NO2. The number of nitro benzene ring substituents is 1. The largest absolute Gasteiger partial charge is 0.287 e. The summed E-state index contributed by atoms with van der Waals surface area (Å²) in [5.41, 5.74) is 0.679. The number of benzene rings is 1. The van der Waals surface area contributed by atoms with E-state index in [1.807, 2.05) is 0 Å². The van der Waals surface area contributed by atoms with Crippen molar-refractivity contribution in [2.75, 3.05) is 0 Å². The Labute approximate surface area is 79.1 Å². The van der Waals surface area contributed by atoms with Crippen molar-refractivity contribution in [2.24, 2.45) is 0 Å². The van der Waals surface area contributed by atoms with E-state index >= 15 is 0 Å². The first-order valence-electron chi connectivity index (χ1n) is 3.14. The summed E-state index contributed by atoms with van der Waals surface area (Å²) < 4.78 is 0. The molecule has 0 bridgehead atoms. The Morgan fingerprint density at radius 1 is 1.50 bits per heavy atom. The molecule has 0 amide bonds. The third kappa shape index (κ3) is 1.87. The van der Waals surface area contributed by atoms with Crippen molar-refractivity contribution in [3.8, 4) is 0 Å². The van der Waals surface area contributed by atoms with Crippen LogP contribution in [0.1, 0.15) is 5.56 Å². The molecule has 12 heavy (non-hydrogen) atoms. The number of alkyl halides is 1. The van der Waals surface area contributed by atoms with Gasteiger partial charge in [0.05, 0.1) is 4.92 Å². The smallest absolute Gasteiger partial charge is 0.258 e. The minimum absolute atomic E-state index is 0.0921. The summed E-state index contributed by atoms with van der Waals surface area (Å²) in [4.78, 5) is 9.78. The summed E-state index contributed by atoms with van der Waals surface area (Å²) in [5, 5.41) is 10.4. The van der Waals surface area contributed by atoms with Crippen LogP contribution in [-0.2, 0) is 5.88 Å². The normalized spacial score (nSPS) is 9.83. The lowest BCUT2D eigenvalue weighted by Gasteiger charge is -1.96. The van der Waals surface area contributed by atoms with Crippen molar-refractivity contribution in [3.05, 3.63) is 38.9 Å². The van der Waals surface area contributed by atoms with Crippen LogP contribution in [0.2, 0.25) is 5.02 Å². The fourth-order valence-corrected chi connectivity index (χ4v) is 1.22. The Morgan fingerprint density at radius 3 is 2.58 bits per heavy atom. The van der Waals surface area contributed by atoms with E-state index in [0.29, 0.717) is 5.88 Å². The first-order chi connectivity index (χ1) is 5.65. The van der Waals surface area contributed by atoms with Gasteiger partial charge in [-0.1, -0.05) is 17.7 Å². The molecule has 3 nitrogen and oxygen atoms in total. The molecule has 0 N–H and O–H groups in total. The maximum Gasteiger partial charge on any atom is 0.287 e. The van der Waals surface area contributed by atoms with Crippen molar-refractivity contribution < 1.29 is 4.92 Å². The summed E-state index contributed by atoms with van der Waals surface area (Å²) in [6.07, 6.45) is 0. The van der Waals surface area contributed by atoms with Gasteiger partial charge in [0.2, 0.25) is 0 Å². The molecular weight excluding hydrogens is 201 g/mol. The molecule has 0 spiro atoms. The van der Waals surface area contributed by atoms with Gasteiger partial charge >= 0.3 is 0 Å². The molecule has 0 saturated heterocycles. The second kappa shape index (κ2) is 3.74. The Balaban J connectivity index is 3.12. The highest BCUT2D eigenvalue weighted by atomic mass is 35.5. The molecule has 0 aliphatic carbocycles. The second-order valence-electron chi connectivity index (χ2n) is 2.18. The van der Waals surface area contributed by atoms with Gasteiger partial charge in [0, 0.05) is 11.9 Å². The van der Waals surface area contributed by atoms with Crippen LogP contribution in [0.3, 0.4) is 0 Å². The zero-order chi connectivity index (χ0) is 9.14. The van der Waals surface area contributed by atoms with E-state index in [-0.39, 0.29) is 10.7 Å². The number of hydrogen-bond donors (Lipinski definition) is 0. The van der Waals surface area contributed by atoms with E-state index in [1.54, 1.807) is 6.07 Å². The highest BCUT2D eigenvalue weighted by molar-refractivity contribution is 6.32. The van der Waals surface area contributed by atoms with Crippen LogP contribution < -0.4 is 0 Å². The van der Waals surface area contributed by atoms with Crippen molar-refractivity contribution in [1.29, 1.82) is 0 Å². The molecule has 0 atom stereocenters. The minimum atomic E-state index is -0.527. The van der Waals surface area contributed by atoms with E-state index in [9.17, 15) is 10.1 Å². The topological polar surface area (TPSA) is 43.1 Å². The van der Waals surface area contributed by atoms with E-state index in [4.69, 9.17) is 23.2 Å². The molecule has 0 saturated carbocycles. The van der Waals surface area contributed by atoms with Crippen LogP contribution in [0.4, 0.5) is 5.69 Å². The van der Waals surface area contributed by atoms with E-state index in [1.165, 1.54) is 12.1 Å². The number of halogens is 2. The van der Waals surface area contributed by atoms with Gasteiger partial charge in [-0.05, 0) is 11.6 Å². The molecule has 0 aliphatic heterocycles. The van der Waals surface area contributed by atoms with Gasteiger partial charge in [0.15, 0.2) is 0 Å². The van der Waals surface area contributed by atoms with Crippen molar-refractivity contribution in [2.45, 2.75) is 5.88 Å². The van der Waals surface area contributed by atoms with Crippen LogP contribution in [0.5, 0.6) is 0 Å². The van der Waals surface area contributed by atoms with Crippen molar-refractivity contribution >= 4 is 28.9 Å². The zero-order valence-corrected chi connectivity index (χ0v) is 7.47. The highest BCUT2D eigenvalue weighted by Gasteiger charge is 2.11. The van der Waals surface area contributed by atoms with Gasteiger partial charge in [-0.2, -0.15) is 0 Å². The van der Waals surface area contributed by atoms with Gasteiger partial charge in [0.1, 0.15) is 5.02 Å². The van der Waals surface area contributed by atoms with E-state index in [2.05, 4.69) is 0 Å². The molecule has 1 aromatic carbocycles. The SMILES string of the molecule is O=[N+]([O-])c1ccc(CCl)cc1Cl. The molecule has 0 radical (unpaired) electrons. The third-order valence-electron chi connectivity index (χ3n) is 1.36. The lowest BCUT2D eigenvalue weighted by Crippen LogP contribution is -1.89. The number of nitro groups is 1. The zero-order valence-electron chi connectivity index (χ0n) is 5.96. The molecule has 1 aromatic rings. The fourth-order valence-electron chi connectivity index (χ4n) is 0.782. The molecule has 64 valence electrons. The van der Waals surface area contributed by atoms with Gasteiger partial charge < -0.3 is 0 Å². The third-order valence-corrected chi connectivity index (χ3v) is 1.97. The van der Waals surface area contributed by atoms with Crippen molar-refractivity contribution in [1.82, 2.24) is 0 Å². The maximum absolute atomic E-state index is 10.3. The van der Waals surface area contributed by atoms with E-state index in [0.717, 1.165) is 5.56 Å². The van der Waals surface area contributed by atoms with Crippen LogP contribution in [-0.4, -0.2) is 4.92 Å². The van der Waals surface area contributed by atoms with Crippen LogP contribution >= 0.6 is 23.2 Å². The molecule has 1 rings (SSSR count). The standard InChI is InChI=1S/C7H5Cl2NO2/c8-4-5-1-2-7(10(11)12)6(9)3-5/h1-3H,4H2. The average Bonchev–Trinajstić information content (AvgIpc) is 2.03. The van der Waals surface area contributed by atoms with Gasteiger partial charge in [-0.25, -0.2) is 0 Å². The lowest BCUT2D eigenvalue weighted by molar-refractivity contribution is -0.384. The number of rotatable bonds is 2. The monoisotopic (exact) mass is 205 g/mol. The second-order valence-corrected chi connectivity index (χ2v) is 2.85. The lowest BCUT2D eigenvalue weighted by atomic mass is 10.2. The van der Waals surface area contributed by atoms with E-state index < -0.39 is 4.92 Å². The maximum atomic E-state index is 10.3. The Hall–Kier alpha value is -0.800.